The molecule has 5 heteroatoms. The summed E-state index contributed by atoms with van der Waals surface area (Å²) in [5.41, 5.74) is 5.24. The summed E-state index contributed by atoms with van der Waals surface area (Å²) in [6.07, 6.45) is 1.98. The predicted octanol–water partition coefficient (Wildman–Crippen LogP) is 5.28. The number of ether oxygens (including phenoxy) is 2. The lowest BCUT2D eigenvalue weighted by atomic mass is 9.85. The summed E-state index contributed by atoms with van der Waals surface area (Å²) >= 11 is 0. The van der Waals surface area contributed by atoms with Gasteiger partial charge in [0.25, 0.3) is 5.52 Å². The lowest BCUT2D eigenvalue weighted by Gasteiger charge is -2.30. The molecule has 2 heterocycles. The van der Waals surface area contributed by atoms with Crippen molar-refractivity contribution in [2.75, 3.05) is 13.2 Å². The molecule has 2 N–H and O–H groups in total. The van der Waals surface area contributed by atoms with E-state index in [1.165, 1.54) is 4.73 Å². The smallest absolute Gasteiger partial charge is 0.276 e. The zero-order valence-electron chi connectivity index (χ0n) is 19.6. The molecule has 33 heavy (non-hydrogen) atoms. The van der Waals surface area contributed by atoms with Gasteiger partial charge in [0.2, 0.25) is 6.20 Å². The number of aromatic nitrogens is 1. The Morgan fingerprint density at radius 1 is 1.12 bits per heavy atom. The SMILES string of the molecule is Cc1cc2ccccc2c(-c2ccc3c4c(cc[n+](O)c24)CCO3)c1[C@@H](CO)OC(C)(C)C. The Labute approximate surface area is 193 Å². The highest BCUT2D eigenvalue weighted by molar-refractivity contribution is 6.07. The number of rotatable bonds is 4. The Bertz CT molecular complexity index is 1360. The molecular weight excluding hydrogens is 414 g/mol. The van der Waals surface area contributed by atoms with Crippen molar-refractivity contribution in [1.82, 2.24) is 0 Å². The first-order chi connectivity index (χ1) is 15.8. The van der Waals surface area contributed by atoms with E-state index >= 15 is 0 Å². The molecule has 3 aromatic carbocycles. The number of fused-ring (bicyclic) bond motifs is 1. The molecule has 0 unspecified atom stereocenters. The molecule has 170 valence electrons. The zero-order chi connectivity index (χ0) is 23.3. The van der Waals surface area contributed by atoms with Crippen LogP contribution in [0.25, 0.3) is 32.8 Å². The van der Waals surface area contributed by atoms with Crippen LogP contribution in [0, 0.1) is 6.92 Å². The zero-order valence-corrected chi connectivity index (χ0v) is 19.6. The van der Waals surface area contributed by atoms with Gasteiger partial charge in [-0.05, 0) is 67.3 Å². The summed E-state index contributed by atoms with van der Waals surface area (Å²) in [4.78, 5) is 0. The third-order valence-corrected chi connectivity index (χ3v) is 6.29. The van der Waals surface area contributed by atoms with Gasteiger partial charge in [0.05, 0.1) is 29.8 Å². The molecule has 5 rings (SSSR count). The molecule has 0 saturated carbocycles. The average molecular weight is 445 g/mol. The van der Waals surface area contributed by atoms with Crippen LogP contribution in [0.1, 0.15) is 43.6 Å². The van der Waals surface area contributed by atoms with Crippen LogP contribution in [-0.2, 0) is 11.2 Å². The van der Waals surface area contributed by atoms with Gasteiger partial charge < -0.3 is 14.6 Å². The summed E-state index contributed by atoms with van der Waals surface area (Å²) in [5.74, 6) is 0.779. The van der Waals surface area contributed by atoms with Gasteiger partial charge in [-0.25, -0.2) is 0 Å². The van der Waals surface area contributed by atoms with E-state index in [0.29, 0.717) is 12.1 Å². The van der Waals surface area contributed by atoms with Gasteiger partial charge in [-0.1, -0.05) is 30.3 Å². The predicted molar refractivity (Wildman–Crippen MR) is 129 cm³/mol. The van der Waals surface area contributed by atoms with E-state index in [1.807, 2.05) is 51.1 Å². The Hall–Kier alpha value is -3.15. The van der Waals surface area contributed by atoms with Crippen molar-refractivity contribution in [2.45, 2.75) is 45.8 Å². The minimum Gasteiger partial charge on any atom is -0.492 e. The van der Waals surface area contributed by atoms with Gasteiger partial charge in [0, 0.05) is 22.8 Å². The summed E-state index contributed by atoms with van der Waals surface area (Å²) in [5, 5.41) is 24.5. The summed E-state index contributed by atoms with van der Waals surface area (Å²) in [6, 6.07) is 16.3. The highest BCUT2D eigenvalue weighted by Crippen LogP contribution is 2.44. The summed E-state index contributed by atoms with van der Waals surface area (Å²) < 4.78 is 13.5. The lowest BCUT2D eigenvalue weighted by molar-refractivity contribution is -0.884. The van der Waals surface area contributed by atoms with Crippen LogP contribution in [0.3, 0.4) is 0 Å². The quantitative estimate of drug-likeness (QED) is 0.332. The lowest BCUT2D eigenvalue weighted by Crippen LogP contribution is -2.32. The van der Waals surface area contributed by atoms with Gasteiger partial charge in [-0.15, -0.1) is 0 Å². The number of aliphatic hydroxyl groups excluding tert-OH is 1. The van der Waals surface area contributed by atoms with Crippen molar-refractivity contribution in [2.24, 2.45) is 0 Å². The average Bonchev–Trinajstić information content (AvgIpc) is 2.78. The number of hydrogen-bond donors (Lipinski definition) is 2. The van der Waals surface area contributed by atoms with Crippen molar-refractivity contribution < 1.29 is 24.5 Å². The standard InChI is InChI=1S/C28H30NO4/c1-17-15-19-7-5-6-8-20(19)26(24(17)23(16-30)33-28(2,3)4)21-9-10-22-25-18(12-14-32-22)11-13-29(31)27(21)25/h5-11,13,15,23,30-31H,12,14,16H2,1-4H3/q+1/t23-/m1/s1. The number of aryl methyl sites for hydroxylation is 1. The number of nitrogens with zero attached hydrogens (tertiary/aromatic N) is 1. The Kier molecular flexibility index (Phi) is 5.26. The maximum atomic E-state index is 11.0. The van der Waals surface area contributed by atoms with E-state index in [1.54, 1.807) is 6.20 Å². The third-order valence-electron chi connectivity index (χ3n) is 6.29. The van der Waals surface area contributed by atoms with Crippen molar-refractivity contribution in [3.05, 3.63) is 71.4 Å². The molecule has 0 fully saturated rings. The molecule has 0 bridgehead atoms. The van der Waals surface area contributed by atoms with Crippen molar-refractivity contribution >= 4 is 21.7 Å². The summed E-state index contributed by atoms with van der Waals surface area (Å²) in [6.45, 7) is 8.52. The fraction of sp³-hybridized carbons (Fsp3) is 0.321. The van der Waals surface area contributed by atoms with Gasteiger partial charge in [0.1, 0.15) is 11.9 Å². The highest BCUT2D eigenvalue weighted by atomic mass is 16.5. The Morgan fingerprint density at radius 3 is 2.67 bits per heavy atom. The molecule has 0 amide bonds. The molecule has 1 atom stereocenters. The van der Waals surface area contributed by atoms with Crippen LogP contribution < -0.4 is 9.47 Å². The second-order valence-corrected chi connectivity index (χ2v) is 9.72. The van der Waals surface area contributed by atoms with Crippen molar-refractivity contribution in [1.29, 1.82) is 0 Å². The molecule has 1 aliphatic heterocycles. The van der Waals surface area contributed by atoms with E-state index in [2.05, 4.69) is 25.1 Å². The Morgan fingerprint density at radius 2 is 1.91 bits per heavy atom. The molecule has 0 aliphatic carbocycles. The topological polar surface area (TPSA) is 62.8 Å². The molecule has 0 spiro atoms. The first kappa shape index (κ1) is 21.7. The molecule has 1 aliphatic rings. The van der Waals surface area contributed by atoms with E-state index in [-0.39, 0.29) is 6.61 Å². The third kappa shape index (κ3) is 3.71. The first-order valence-electron chi connectivity index (χ1n) is 11.4. The van der Waals surface area contributed by atoms with Crippen LogP contribution in [0.4, 0.5) is 0 Å². The maximum Gasteiger partial charge on any atom is 0.276 e. The van der Waals surface area contributed by atoms with E-state index in [9.17, 15) is 10.3 Å². The van der Waals surface area contributed by atoms with E-state index in [0.717, 1.165) is 56.1 Å². The van der Waals surface area contributed by atoms with Crippen LogP contribution >= 0.6 is 0 Å². The fourth-order valence-electron chi connectivity index (χ4n) is 5.06. The molecule has 5 nitrogen and oxygen atoms in total. The molecular formula is C28H30NO4+. The maximum absolute atomic E-state index is 11.0. The first-order valence-corrected chi connectivity index (χ1v) is 11.4. The fourth-order valence-corrected chi connectivity index (χ4v) is 5.06. The van der Waals surface area contributed by atoms with Crippen molar-refractivity contribution in [3.63, 3.8) is 0 Å². The van der Waals surface area contributed by atoms with Gasteiger partial charge >= 0.3 is 0 Å². The number of hydrogen-bond acceptors (Lipinski definition) is 4. The minimum atomic E-state index is -0.515. The Balaban J connectivity index is 1.91. The number of pyridine rings is 1. The van der Waals surface area contributed by atoms with Crippen molar-refractivity contribution in [3.8, 4) is 16.9 Å². The van der Waals surface area contributed by atoms with Gasteiger partial charge in [-0.2, -0.15) is 0 Å². The normalized spacial score (nSPS) is 14.5. The number of aliphatic hydroxyl groups is 1. The monoisotopic (exact) mass is 444 g/mol. The van der Waals surface area contributed by atoms with Gasteiger partial charge in [0.15, 0.2) is 0 Å². The largest absolute Gasteiger partial charge is 0.492 e. The summed E-state index contributed by atoms with van der Waals surface area (Å²) in [7, 11) is 0. The van der Waals surface area contributed by atoms with Crippen LogP contribution in [0.2, 0.25) is 0 Å². The second kappa shape index (κ2) is 8.01. The molecule has 0 saturated heterocycles. The second-order valence-electron chi connectivity index (χ2n) is 9.72. The minimum absolute atomic E-state index is 0.146. The molecule has 0 radical (unpaired) electrons. The molecule has 1 aromatic heterocycles. The highest BCUT2D eigenvalue weighted by Gasteiger charge is 2.30. The van der Waals surface area contributed by atoms with E-state index < -0.39 is 11.7 Å². The van der Waals surface area contributed by atoms with Crippen LogP contribution in [0.5, 0.6) is 5.75 Å². The van der Waals surface area contributed by atoms with Gasteiger partial charge in [-0.3, -0.25) is 5.21 Å². The van der Waals surface area contributed by atoms with Crippen LogP contribution in [-0.4, -0.2) is 29.1 Å². The number of benzene rings is 3. The van der Waals surface area contributed by atoms with Crippen LogP contribution in [0.15, 0.2) is 54.7 Å². The molecule has 4 aromatic rings. The van der Waals surface area contributed by atoms with E-state index in [4.69, 9.17) is 9.47 Å².